The number of hydroxylamine groups is 2. The molecule has 2 atom stereocenters. The third-order valence-corrected chi connectivity index (χ3v) is 4.15. The first-order chi connectivity index (χ1) is 11.1. The molecule has 1 aliphatic rings. The Morgan fingerprint density at radius 3 is 2.65 bits per heavy atom. The zero-order valence-corrected chi connectivity index (χ0v) is 12.8. The maximum absolute atomic E-state index is 10.8. The summed E-state index contributed by atoms with van der Waals surface area (Å²) in [5, 5.41) is 9.88. The summed E-state index contributed by atoms with van der Waals surface area (Å²) in [5.74, 6) is 2.56. The van der Waals surface area contributed by atoms with Crippen LogP contribution in [-0.4, -0.2) is 22.8 Å². The van der Waals surface area contributed by atoms with E-state index in [1.54, 1.807) is 0 Å². The third kappa shape index (κ3) is 4.02. The second-order valence-corrected chi connectivity index (χ2v) is 5.84. The lowest BCUT2D eigenvalue weighted by atomic mass is 10.1. The van der Waals surface area contributed by atoms with E-state index in [1.165, 1.54) is 5.56 Å². The summed E-state index contributed by atoms with van der Waals surface area (Å²) in [6.07, 6.45) is 1.80. The van der Waals surface area contributed by atoms with E-state index >= 15 is 0 Å². The first-order valence-electron chi connectivity index (χ1n) is 7.72. The maximum atomic E-state index is 10.8. The Bertz CT molecular complexity index is 675. The molecular weight excluding hydrogens is 292 g/mol. The van der Waals surface area contributed by atoms with Crippen molar-refractivity contribution in [2.45, 2.75) is 18.8 Å². The Morgan fingerprint density at radius 2 is 1.91 bits per heavy atom. The fourth-order valence-electron chi connectivity index (χ4n) is 2.81. The standard InChI is InChI=1S/C18H20N2O3/c19-18(21)20(22)10-9-14-12-17(14)13-5-4-8-16(11-13)23-15-6-2-1-3-7-15/h1-8,11,14,17,22H,9-10,12H2,(H2,19,21). The summed E-state index contributed by atoms with van der Waals surface area (Å²) in [6, 6.07) is 17.0. The zero-order chi connectivity index (χ0) is 16.2. The van der Waals surface area contributed by atoms with Crippen LogP contribution in [0.3, 0.4) is 0 Å². The SMILES string of the molecule is NC(=O)N(O)CCC1CC1c1cccc(Oc2ccccc2)c1. The first kappa shape index (κ1) is 15.4. The van der Waals surface area contributed by atoms with Gasteiger partial charge >= 0.3 is 6.03 Å². The normalized spacial score (nSPS) is 19.2. The number of amides is 2. The van der Waals surface area contributed by atoms with Crippen LogP contribution in [0.15, 0.2) is 54.6 Å². The van der Waals surface area contributed by atoms with Crippen LogP contribution < -0.4 is 10.5 Å². The van der Waals surface area contributed by atoms with Gasteiger partial charge in [0.25, 0.3) is 0 Å². The van der Waals surface area contributed by atoms with Gasteiger partial charge in [-0.1, -0.05) is 30.3 Å². The molecule has 0 aliphatic heterocycles. The van der Waals surface area contributed by atoms with Crippen molar-refractivity contribution < 1.29 is 14.7 Å². The van der Waals surface area contributed by atoms with Crippen molar-refractivity contribution in [3.63, 3.8) is 0 Å². The van der Waals surface area contributed by atoms with Gasteiger partial charge in [0.2, 0.25) is 0 Å². The number of primary amides is 1. The van der Waals surface area contributed by atoms with E-state index in [0.29, 0.717) is 16.9 Å². The minimum atomic E-state index is -0.805. The van der Waals surface area contributed by atoms with Crippen LogP contribution in [0.1, 0.15) is 24.3 Å². The van der Waals surface area contributed by atoms with E-state index in [-0.39, 0.29) is 6.54 Å². The number of benzene rings is 2. The van der Waals surface area contributed by atoms with E-state index < -0.39 is 6.03 Å². The van der Waals surface area contributed by atoms with E-state index in [1.807, 2.05) is 42.5 Å². The number of nitrogens with zero attached hydrogens (tertiary/aromatic N) is 1. The van der Waals surface area contributed by atoms with Crippen LogP contribution >= 0.6 is 0 Å². The number of para-hydroxylation sites is 1. The molecule has 1 fully saturated rings. The average molecular weight is 312 g/mol. The molecule has 0 aromatic heterocycles. The van der Waals surface area contributed by atoms with E-state index in [4.69, 9.17) is 10.5 Å². The van der Waals surface area contributed by atoms with Gasteiger partial charge in [-0.05, 0) is 54.5 Å². The molecular formula is C18H20N2O3. The summed E-state index contributed by atoms with van der Waals surface area (Å²) < 4.78 is 5.85. The minimum absolute atomic E-state index is 0.275. The maximum Gasteiger partial charge on any atom is 0.338 e. The van der Waals surface area contributed by atoms with Gasteiger partial charge in [0.05, 0.1) is 6.54 Å². The van der Waals surface area contributed by atoms with Crippen LogP contribution in [0.5, 0.6) is 11.5 Å². The number of hydrogen-bond acceptors (Lipinski definition) is 3. The highest BCUT2D eigenvalue weighted by atomic mass is 16.5. The number of rotatable bonds is 6. The van der Waals surface area contributed by atoms with Crippen LogP contribution in [-0.2, 0) is 0 Å². The second kappa shape index (κ2) is 6.71. The van der Waals surface area contributed by atoms with Gasteiger partial charge in [-0.25, -0.2) is 9.86 Å². The molecule has 5 heteroatoms. The molecule has 3 N–H and O–H groups in total. The summed E-state index contributed by atoms with van der Waals surface area (Å²) in [7, 11) is 0. The number of ether oxygens (including phenoxy) is 1. The molecule has 2 amide bonds. The first-order valence-corrected chi connectivity index (χ1v) is 7.72. The van der Waals surface area contributed by atoms with Gasteiger partial charge in [-0.2, -0.15) is 0 Å². The lowest BCUT2D eigenvalue weighted by Gasteiger charge is -2.11. The van der Waals surface area contributed by atoms with Crippen LogP contribution in [0.2, 0.25) is 0 Å². The average Bonchev–Trinajstić information content (AvgIpc) is 3.33. The number of carbonyl (C=O) groups is 1. The monoisotopic (exact) mass is 312 g/mol. The molecule has 2 aromatic carbocycles. The smallest absolute Gasteiger partial charge is 0.338 e. The molecule has 1 aliphatic carbocycles. The van der Waals surface area contributed by atoms with Crippen molar-refractivity contribution in [1.29, 1.82) is 0 Å². The van der Waals surface area contributed by atoms with Gasteiger partial charge < -0.3 is 10.5 Å². The molecule has 0 heterocycles. The summed E-state index contributed by atoms with van der Waals surface area (Å²) in [4.78, 5) is 10.8. The van der Waals surface area contributed by atoms with Gasteiger partial charge in [-0.15, -0.1) is 0 Å². The van der Waals surface area contributed by atoms with E-state index in [9.17, 15) is 10.0 Å². The summed E-state index contributed by atoms with van der Waals surface area (Å²) in [6.45, 7) is 0.275. The molecule has 120 valence electrons. The molecule has 5 nitrogen and oxygen atoms in total. The molecule has 0 saturated heterocycles. The van der Waals surface area contributed by atoms with Gasteiger partial charge in [-0.3, -0.25) is 5.21 Å². The van der Waals surface area contributed by atoms with Crippen molar-refractivity contribution >= 4 is 6.03 Å². The van der Waals surface area contributed by atoms with Crippen LogP contribution in [0, 0.1) is 5.92 Å². The minimum Gasteiger partial charge on any atom is -0.457 e. The molecule has 2 aromatic rings. The Kier molecular flexibility index (Phi) is 4.48. The topological polar surface area (TPSA) is 75.8 Å². The second-order valence-electron chi connectivity index (χ2n) is 5.84. The lowest BCUT2D eigenvalue weighted by molar-refractivity contribution is -0.0410. The molecule has 0 bridgehead atoms. The fourth-order valence-corrected chi connectivity index (χ4v) is 2.81. The fraction of sp³-hybridized carbons (Fsp3) is 0.278. The van der Waals surface area contributed by atoms with E-state index in [0.717, 1.165) is 24.3 Å². The van der Waals surface area contributed by atoms with Crippen molar-refractivity contribution in [2.24, 2.45) is 11.7 Å². The molecule has 0 spiro atoms. The molecule has 23 heavy (non-hydrogen) atoms. The Hall–Kier alpha value is -2.53. The number of hydrogen-bond donors (Lipinski definition) is 2. The lowest BCUT2D eigenvalue weighted by Crippen LogP contribution is -2.33. The Labute approximate surface area is 135 Å². The highest BCUT2D eigenvalue weighted by molar-refractivity contribution is 5.70. The molecule has 3 rings (SSSR count). The van der Waals surface area contributed by atoms with E-state index in [2.05, 4.69) is 12.1 Å². The summed E-state index contributed by atoms with van der Waals surface area (Å²) in [5.41, 5.74) is 6.23. The van der Waals surface area contributed by atoms with Gasteiger partial charge in [0.15, 0.2) is 0 Å². The Balaban J connectivity index is 1.58. The number of nitrogens with two attached hydrogens (primary N) is 1. The molecule has 2 unspecified atom stereocenters. The molecule has 1 saturated carbocycles. The van der Waals surface area contributed by atoms with Gasteiger partial charge in [0, 0.05) is 0 Å². The number of carbonyl (C=O) groups excluding carboxylic acids is 1. The molecule has 0 radical (unpaired) electrons. The van der Waals surface area contributed by atoms with Crippen molar-refractivity contribution in [1.82, 2.24) is 5.06 Å². The largest absolute Gasteiger partial charge is 0.457 e. The van der Waals surface area contributed by atoms with Gasteiger partial charge in [0.1, 0.15) is 11.5 Å². The predicted molar refractivity (Wildman–Crippen MR) is 86.5 cm³/mol. The van der Waals surface area contributed by atoms with Crippen LogP contribution in [0.25, 0.3) is 0 Å². The quantitative estimate of drug-likeness (QED) is 0.630. The van der Waals surface area contributed by atoms with Crippen molar-refractivity contribution in [3.05, 3.63) is 60.2 Å². The zero-order valence-electron chi connectivity index (χ0n) is 12.8. The third-order valence-electron chi connectivity index (χ3n) is 4.15. The highest BCUT2D eigenvalue weighted by Gasteiger charge is 2.38. The number of urea groups is 1. The van der Waals surface area contributed by atoms with Crippen molar-refractivity contribution in [2.75, 3.05) is 6.54 Å². The Morgan fingerprint density at radius 1 is 1.17 bits per heavy atom. The summed E-state index contributed by atoms with van der Waals surface area (Å²) >= 11 is 0. The highest BCUT2D eigenvalue weighted by Crippen LogP contribution is 2.50. The predicted octanol–water partition coefficient (Wildman–Crippen LogP) is 3.74. The van der Waals surface area contributed by atoms with Crippen molar-refractivity contribution in [3.8, 4) is 11.5 Å². The van der Waals surface area contributed by atoms with Crippen LogP contribution in [0.4, 0.5) is 4.79 Å².